The molecule has 23 heavy (non-hydrogen) atoms. The third-order valence-corrected chi connectivity index (χ3v) is 3.04. The lowest BCUT2D eigenvalue weighted by atomic mass is 10.2. The lowest BCUT2D eigenvalue weighted by Crippen LogP contribution is -2.46. The molecule has 0 radical (unpaired) electrons. The maximum absolute atomic E-state index is 12.0. The number of imidazole rings is 1. The van der Waals surface area contributed by atoms with E-state index < -0.39 is 29.4 Å². The highest BCUT2D eigenvalue weighted by Crippen LogP contribution is 2.10. The number of H-pyrrole nitrogens is 1. The molecule has 3 N–H and O–H groups in total. The van der Waals surface area contributed by atoms with E-state index in [-0.39, 0.29) is 6.54 Å². The normalized spacial score (nSPS) is 12.8. The van der Waals surface area contributed by atoms with Crippen molar-refractivity contribution in [3.05, 3.63) is 34.7 Å². The Bertz CT molecular complexity index is 784. The van der Waals surface area contributed by atoms with Crippen molar-refractivity contribution >= 4 is 23.1 Å². The summed E-state index contributed by atoms with van der Waals surface area (Å²) in [5.74, 6) is -1.26. The number of hydrogen-bond acceptors (Lipinski definition) is 4. The SMILES string of the molecule is CC(C)(C)OC(=O)N[C@@H](Cn1c(=O)[nH]c2ccccc21)C(=O)O. The molecule has 1 aromatic heterocycles. The molecule has 0 aliphatic heterocycles. The van der Waals surface area contributed by atoms with Crippen LogP contribution in [0.15, 0.2) is 29.1 Å². The number of alkyl carbamates (subject to hydrolysis) is 1. The van der Waals surface area contributed by atoms with E-state index in [4.69, 9.17) is 4.74 Å². The molecule has 0 aliphatic rings. The summed E-state index contributed by atoms with van der Waals surface area (Å²) in [6, 6.07) is 5.62. The van der Waals surface area contributed by atoms with E-state index in [1.807, 2.05) is 0 Å². The van der Waals surface area contributed by atoms with Crippen molar-refractivity contribution in [1.82, 2.24) is 14.9 Å². The molecule has 1 amide bonds. The number of nitrogens with zero attached hydrogens (tertiary/aromatic N) is 1. The predicted molar refractivity (Wildman–Crippen MR) is 83.4 cm³/mol. The van der Waals surface area contributed by atoms with Crippen LogP contribution in [0, 0.1) is 0 Å². The maximum Gasteiger partial charge on any atom is 0.408 e. The predicted octanol–water partition coefficient (Wildman–Crippen LogP) is 1.31. The van der Waals surface area contributed by atoms with Crippen LogP contribution in [0.5, 0.6) is 0 Å². The Kier molecular flexibility index (Phi) is 4.44. The van der Waals surface area contributed by atoms with Crippen LogP contribution in [0.2, 0.25) is 0 Å². The van der Waals surface area contributed by atoms with Crippen LogP contribution in [0.25, 0.3) is 11.0 Å². The zero-order valence-electron chi connectivity index (χ0n) is 13.1. The largest absolute Gasteiger partial charge is 0.480 e. The van der Waals surface area contributed by atoms with Crippen molar-refractivity contribution in [3.63, 3.8) is 0 Å². The first-order valence-electron chi connectivity index (χ1n) is 7.07. The number of carboxylic acid groups (broad SMARTS) is 1. The molecule has 2 aromatic rings. The van der Waals surface area contributed by atoms with Crippen LogP contribution < -0.4 is 11.0 Å². The quantitative estimate of drug-likeness (QED) is 0.785. The zero-order chi connectivity index (χ0) is 17.2. The van der Waals surface area contributed by atoms with Gasteiger partial charge in [-0.3, -0.25) is 4.57 Å². The zero-order valence-corrected chi connectivity index (χ0v) is 13.1. The van der Waals surface area contributed by atoms with Gasteiger partial charge in [0.1, 0.15) is 11.6 Å². The number of carboxylic acids is 1. The van der Waals surface area contributed by atoms with Gasteiger partial charge in [0.25, 0.3) is 0 Å². The van der Waals surface area contributed by atoms with Gasteiger partial charge in [0.15, 0.2) is 0 Å². The van der Waals surface area contributed by atoms with E-state index in [1.54, 1.807) is 45.0 Å². The number of carbonyl (C=O) groups is 2. The van der Waals surface area contributed by atoms with E-state index in [0.29, 0.717) is 11.0 Å². The monoisotopic (exact) mass is 321 g/mol. The molecular weight excluding hydrogens is 302 g/mol. The van der Waals surface area contributed by atoms with Gasteiger partial charge in [-0.2, -0.15) is 0 Å². The minimum absolute atomic E-state index is 0.211. The first kappa shape index (κ1) is 16.6. The van der Waals surface area contributed by atoms with Crippen molar-refractivity contribution in [2.75, 3.05) is 0 Å². The fraction of sp³-hybridized carbons (Fsp3) is 0.400. The molecule has 0 saturated heterocycles. The molecule has 1 heterocycles. The molecule has 1 aromatic carbocycles. The van der Waals surface area contributed by atoms with E-state index in [1.165, 1.54) is 4.57 Å². The van der Waals surface area contributed by atoms with Gasteiger partial charge in [-0.05, 0) is 32.9 Å². The van der Waals surface area contributed by atoms with Crippen molar-refractivity contribution in [2.45, 2.75) is 39.0 Å². The molecular formula is C15H19N3O5. The number of amides is 1. The lowest BCUT2D eigenvalue weighted by Gasteiger charge is -2.22. The van der Waals surface area contributed by atoms with Crippen molar-refractivity contribution < 1.29 is 19.4 Å². The van der Waals surface area contributed by atoms with Crippen LogP contribution >= 0.6 is 0 Å². The molecule has 124 valence electrons. The molecule has 2 rings (SSSR count). The average molecular weight is 321 g/mol. The first-order chi connectivity index (χ1) is 10.7. The minimum atomic E-state index is -1.29. The molecule has 0 aliphatic carbocycles. The summed E-state index contributed by atoms with van der Waals surface area (Å²) in [6.45, 7) is 4.81. The number of aromatic amines is 1. The fourth-order valence-corrected chi connectivity index (χ4v) is 2.11. The highest BCUT2D eigenvalue weighted by atomic mass is 16.6. The maximum atomic E-state index is 12.0. The summed E-state index contributed by atoms with van der Waals surface area (Å²) in [5, 5.41) is 11.6. The van der Waals surface area contributed by atoms with Gasteiger partial charge in [-0.1, -0.05) is 12.1 Å². The van der Waals surface area contributed by atoms with Gasteiger partial charge in [-0.25, -0.2) is 14.4 Å². The summed E-state index contributed by atoms with van der Waals surface area (Å²) in [7, 11) is 0. The number of carbonyl (C=O) groups excluding carboxylic acids is 1. The van der Waals surface area contributed by atoms with E-state index in [0.717, 1.165) is 0 Å². The average Bonchev–Trinajstić information content (AvgIpc) is 2.72. The Morgan fingerprint density at radius 1 is 1.35 bits per heavy atom. The standard InChI is InChI=1S/C15H19N3O5/c1-15(2,3)23-14(22)17-10(12(19)20)8-18-11-7-5-4-6-9(11)16-13(18)21/h4-7,10H,8H2,1-3H3,(H,16,21)(H,17,22)(H,19,20)/t10-/m0/s1. The Morgan fingerprint density at radius 2 is 2.00 bits per heavy atom. The summed E-state index contributed by atoms with van der Waals surface area (Å²) in [4.78, 5) is 37.8. The number of fused-ring (bicyclic) bond motifs is 1. The number of nitrogens with one attached hydrogen (secondary N) is 2. The molecule has 0 spiro atoms. The molecule has 0 unspecified atom stereocenters. The smallest absolute Gasteiger partial charge is 0.408 e. The lowest BCUT2D eigenvalue weighted by molar-refractivity contribution is -0.139. The summed E-state index contributed by atoms with van der Waals surface area (Å²) >= 11 is 0. The van der Waals surface area contributed by atoms with Crippen LogP contribution in [0.3, 0.4) is 0 Å². The Balaban J connectivity index is 2.22. The molecule has 8 nitrogen and oxygen atoms in total. The molecule has 1 atom stereocenters. The number of para-hydroxylation sites is 2. The third kappa shape index (κ3) is 4.12. The summed E-state index contributed by atoms with van der Waals surface area (Å²) in [6.07, 6.45) is -0.849. The van der Waals surface area contributed by atoms with Crippen molar-refractivity contribution in [1.29, 1.82) is 0 Å². The van der Waals surface area contributed by atoms with Gasteiger partial charge < -0.3 is 20.1 Å². The second-order valence-electron chi connectivity index (χ2n) is 6.09. The number of benzene rings is 1. The number of ether oxygens (including phenoxy) is 1. The van der Waals surface area contributed by atoms with E-state index >= 15 is 0 Å². The molecule has 0 saturated carbocycles. The second kappa shape index (κ2) is 6.15. The van der Waals surface area contributed by atoms with Crippen molar-refractivity contribution in [3.8, 4) is 0 Å². The van der Waals surface area contributed by atoms with Gasteiger partial charge in [0, 0.05) is 0 Å². The van der Waals surface area contributed by atoms with Crippen LogP contribution in [0.4, 0.5) is 4.79 Å². The Hall–Kier alpha value is -2.77. The van der Waals surface area contributed by atoms with Gasteiger partial charge in [-0.15, -0.1) is 0 Å². The van der Waals surface area contributed by atoms with Crippen molar-refractivity contribution in [2.24, 2.45) is 0 Å². The van der Waals surface area contributed by atoms with Gasteiger partial charge in [0.05, 0.1) is 17.6 Å². The topological polar surface area (TPSA) is 113 Å². The minimum Gasteiger partial charge on any atom is -0.480 e. The summed E-state index contributed by atoms with van der Waals surface area (Å²) in [5.41, 5.74) is -0.0258. The van der Waals surface area contributed by atoms with Crippen LogP contribution in [0.1, 0.15) is 20.8 Å². The fourth-order valence-electron chi connectivity index (χ4n) is 2.11. The third-order valence-electron chi connectivity index (χ3n) is 3.04. The highest BCUT2D eigenvalue weighted by Gasteiger charge is 2.25. The second-order valence-corrected chi connectivity index (χ2v) is 6.09. The molecule has 8 heteroatoms. The Morgan fingerprint density at radius 3 is 2.61 bits per heavy atom. The van der Waals surface area contributed by atoms with Gasteiger partial charge >= 0.3 is 17.8 Å². The Labute approximate surface area is 132 Å². The van der Waals surface area contributed by atoms with E-state index in [9.17, 15) is 19.5 Å². The summed E-state index contributed by atoms with van der Waals surface area (Å²) < 4.78 is 6.32. The van der Waals surface area contributed by atoms with E-state index in [2.05, 4.69) is 10.3 Å². The highest BCUT2D eigenvalue weighted by molar-refractivity contribution is 5.80. The number of aliphatic carboxylic acids is 1. The van der Waals surface area contributed by atoms with Crippen LogP contribution in [-0.2, 0) is 16.1 Å². The molecule has 0 bridgehead atoms. The first-order valence-corrected chi connectivity index (χ1v) is 7.07. The van der Waals surface area contributed by atoms with Gasteiger partial charge in [0.2, 0.25) is 0 Å². The molecule has 0 fully saturated rings. The number of hydrogen-bond donors (Lipinski definition) is 3. The number of rotatable bonds is 4. The number of aromatic nitrogens is 2. The van der Waals surface area contributed by atoms with Crippen LogP contribution in [-0.4, -0.2) is 38.4 Å².